The lowest BCUT2D eigenvalue weighted by atomic mass is 9.53. The quantitative estimate of drug-likeness (QED) is 0.231. The average Bonchev–Trinajstić information content (AvgIpc) is 3.11. The standard InChI is InChI=1S/C25H27F7O3/c1-13(33)21(2)11-9-17-16-5-4-14-12-15(8-10-22(14,3)19(16)7-6-18(17)21)35-20(34)23(26,27)24(28,29)25(30,31)32/h4,12,16,19H,5-11H2,1-3H3. The molecule has 4 rings (SSSR count). The number of esters is 1. The monoisotopic (exact) mass is 508 g/mol. The highest BCUT2D eigenvalue weighted by molar-refractivity contribution is 5.86. The van der Waals surface area contributed by atoms with Gasteiger partial charge in [-0.15, -0.1) is 0 Å². The summed E-state index contributed by atoms with van der Waals surface area (Å²) in [7, 11) is 0. The fourth-order valence-corrected chi connectivity index (χ4v) is 6.54. The van der Waals surface area contributed by atoms with Gasteiger partial charge in [0.05, 0.1) is 0 Å². The summed E-state index contributed by atoms with van der Waals surface area (Å²) in [6.07, 6.45) is 0.784. The van der Waals surface area contributed by atoms with Crippen LogP contribution >= 0.6 is 0 Å². The molecule has 0 N–H and O–H groups in total. The van der Waals surface area contributed by atoms with Crippen LogP contribution in [0.1, 0.15) is 65.7 Å². The molecule has 10 heteroatoms. The number of alkyl halides is 7. The second kappa shape index (κ2) is 7.93. The zero-order valence-electron chi connectivity index (χ0n) is 19.6. The van der Waals surface area contributed by atoms with E-state index in [1.807, 2.05) is 19.9 Å². The Morgan fingerprint density at radius 1 is 1.00 bits per heavy atom. The van der Waals surface area contributed by atoms with Crippen molar-refractivity contribution in [1.82, 2.24) is 0 Å². The maximum Gasteiger partial charge on any atom is 0.460 e. The number of Topliss-reactive ketones (excluding diaryl/α,β-unsaturated/α-hetero) is 1. The predicted octanol–water partition coefficient (Wildman–Crippen LogP) is 7.09. The first-order valence-electron chi connectivity index (χ1n) is 11.7. The van der Waals surface area contributed by atoms with Crippen molar-refractivity contribution in [2.75, 3.05) is 0 Å². The first kappa shape index (κ1) is 25.9. The number of carbonyl (C=O) groups is 2. The molecule has 0 spiro atoms. The summed E-state index contributed by atoms with van der Waals surface area (Å²) in [5.74, 6) is -15.3. The fourth-order valence-electron chi connectivity index (χ4n) is 6.54. The molecule has 0 heterocycles. The van der Waals surface area contributed by atoms with Crippen LogP contribution in [0.3, 0.4) is 0 Å². The van der Waals surface area contributed by atoms with Crippen LogP contribution in [-0.2, 0) is 14.3 Å². The van der Waals surface area contributed by atoms with E-state index in [0.717, 1.165) is 25.7 Å². The van der Waals surface area contributed by atoms with Crippen LogP contribution in [-0.4, -0.2) is 29.8 Å². The van der Waals surface area contributed by atoms with Gasteiger partial charge in [0.1, 0.15) is 11.5 Å². The van der Waals surface area contributed by atoms with Crippen molar-refractivity contribution in [2.24, 2.45) is 22.7 Å². The van der Waals surface area contributed by atoms with E-state index in [4.69, 9.17) is 0 Å². The van der Waals surface area contributed by atoms with Gasteiger partial charge in [-0.2, -0.15) is 30.7 Å². The van der Waals surface area contributed by atoms with Crippen LogP contribution in [0.4, 0.5) is 30.7 Å². The minimum absolute atomic E-state index is 0.0481. The first-order chi connectivity index (χ1) is 16.0. The highest BCUT2D eigenvalue weighted by Gasteiger charge is 2.77. The Morgan fingerprint density at radius 3 is 2.26 bits per heavy atom. The lowest BCUT2D eigenvalue weighted by Crippen LogP contribution is -2.56. The van der Waals surface area contributed by atoms with Crippen molar-refractivity contribution in [3.05, 3.63) is 34.6 Å². The van der Waals surface area contributed by atoms with Crippen LogP contribution in [0.2, 0.25) is 0 Å². The highest BCUT2D eigenvalue weighted by atomic mass is 19.4. The molecule has 3 nitrogen and oxygen atoms in total. The summed E-state index contributed by atoms with van der Waals surface area (Å²) in [4.78, 5) is 24.0. The third kappa shape index (κ3) is 3.68. The van der Waals surface area contributed by atoms with Crippen LogP contribution in [0.15, 0.2) is 34.6 Å². The second-order valence-corrected chi connectivity index (χ2v) is 10.6. The number of ether oxygens (including phenoxy) is 1. The normalized spacial score (nSPS) is 33.3. The number of carbonyl (C=O) groups excluding carboxylic acids is 2. The topological polar surface area (TPSA) is 43.4 Å². The molecule has 194 valence electrons. The molecule has 35 heavy (non-hydrogen) atoms. The van der Waals surface area contributed by atoms with E-state index < -0.39 is 34.8 Å². The Hall–Kier alpha value is -2.13. The van der Waals surface area contributed by atoms with Crippen LogP contribution in [0.5, 0.6) is 0 Å². The lowest BCUT2D eigenvalue weighted by molar-refractivity contribution is -0.347. The molecule has 4 unspecified atom stereocenters. The smallest absolute Gasteiger partial charge is 0.426 e. The first-order valence-corrected chi connectivity index (χ1v) is 11.7. The van der Waals surface area contributed by atoms with Gasteiger partial charge in [0, 0.05) is 11.8 Å². The van der Waals surface area contributed by atoms with Gasteiger partial charge in [-0.1, -0.05) is 24.1 Å². The SMILES string of the molecule is CC(=O)C1(C)CCC2=C1CCC1C2CC=C2C=C(OC(=O)C(F)(F)C(F)(F)C(F)(F)F)CCC21C. The van der Waals surface area contributed by atoms with E-state index in [-0.39, 0.29) is 29.8 Å². The van der Waals surface area contributed by atoms with Crippen molar-refractivity contribution in [2.45, 2.75) is 83.7 Å². The minimum Gasteiger partial charge on any atom is -0.426 e. The van der Waals surface area contributed by atoms with Crippen molar-refractivity contribution in [1.29, 1.82) is 0 Å². The number of ketones is 1. The number of hydrogen-bond donors (Lipinski definition) is 0. The summed E-state index contributed by atoms with van der Waals surface area (Å²) in [5.41, 5.74) is 2.40. The molecule has 0 aliphatic heterocycles. The molecular weight excluding hydrogens is 481 g/mol. The van der Waals surface area contributed by atoms with E-state index in [1.54, 1.807) is 6.92 Å². The number of halogens is 7. The maximum atomic E-state index is 13.7. The summed E-state index contributed by atoms with van der Waals surface area (Å²) in [6.45, 7) is 5.62. The van der Waals surface area contributed by atoms with E-state index in [9.17, 15) is 40.3 Å². The molecule has 0 radical (unpaired) electrons. The molecule has 0 bridgehead atoms. The van der Waals surface area contributed by atoms with Crippen molar-refractivity contribution in [3.63, 3.8) is 0 Å². The molecule has 4 aliphatic carbocycles. The third-order valence-electron chi connectivity index (χ3n) is 8.87. The van der Waals surface area contributed by atoms with Crippen LogP contribution < -0.4 is 0 Å². The van der Waals surface area contributed by atoms with Gasteiger partial charge in [0.2, 0.25) is 0 Å². The Morgan fingerprint density at radius 2 is 1.66 bits per heavy atom. The molecule has 0 saturated carbocycles. The molecule has 0 aromatic rings. The summed E-state index contributed by atoms with van der Waals surface area (Å²) >= 11 is 0. The molecule has 0 amide bonds. The highest BCUT2D eigenvalue weighted by Crippen LogP contribution is 2.62. The van der Waals surface area contributed by atoms with Crippen LogP contribution in [0, 0.1) is 22.7 Å². The third-order valence-corrected chi connectivity index (χ3v) is 8.87. The zero-order valence-corrected chi connectivity index (χ0v) is 19.6. The van der Waals surface area contributed by atoms with Gasteiger partial charge in [0.15, 0.2) is 0 Å². The van der Waals surface area contributed by atoms with Gasteiger partial charge in [-0.3, -0.25) is 4.79 Å². The second-order valence-electron chi connectivity index (χ2n) is 10.6. The number of fused-ring (bicyclic) bond motifs is 4. The molecule has 0 aromatic heterocycles. The fraction of sp³-hybridized carbons (Fsp3) is 0.680. The van der Waals surface area contributed by atoms with E-state index >= 15 is 0 Å². The molecule has 0 fully saturated rings. The maximum absolute atomic E-state index is 13.7. The van der Waals surface area contributed by atoms with Crippen molar-refractivity contribution >= 4 is 11.8 Å². The number of hydrogen-bond acceptors (Lipinski definition) is 3. The predicted molar refractivity (Wildman–Crippen MR) is 111 cm³/mol. The van der Waals surface area contributed by atoms with E-state index in [1.165, 1.54) is 17.2 Å². The van der Waals surface area contributed by atoms with Crippen molar-refractivity contribution in [3.8, 4) is 0 Å². The minimum atomic E-state index is -6.61. The molecule has 4 aliphatic rings. The van der Waals surface area contributed by atoms with Crippen LogP contribution in [0.25, 0.3) is 0 Å². The van der Waals surface area contributed by atoms with Crippen molar-refractivity contribution < 1.29 is 45.1 Å². The molecule has 0 saturated heterocycles. The molecule has 0 aromatic carbocycles. The van der Waals surface area contributed by atoms with Gasteiger partial charge in [0.25, 0.3) is 0 Å². The van der Waals surface area contributed by atoms with E-state index in [2.05, 4.69) is 4.74 Å². The van der Waals surface area contributed by atoms with Gasteiger partial charge < -0.3 is 4.74 Å². The molecule has 4 atom stereocenters. The molecular formula is C25H27F7O3. The lowest BCUT2D eigenvalue weighted by Gasteiger charge is -2.51. The van der Waals surface area contributed by atoms with Gasteiger partial charge in [-0.25, -0.2) is 4.79 Å². The number of rotatable bonds is 4. The Kier molecular flexibility index (Phi) is 5.88. The Balaban J connectivity index is 1.58. The summed E-state index contributed by atoms with van der Waals surface area (Å²) in [6, 6.07) is 0. The van der Waals surface area contributed by atoms with E-state index in [0.29, 0.717) is 18.4 Å². The Labute approximate surface area is 198 Å². The number of allylic oxidation sites excluding steroid dienone is 6. The zero-order chi connectivity index (χ0) is 26.2. The summed E-state index contributed by atoms with van der Waals surface area (Å²) in [5, 5.41) is 0. The average molecular weight is 508 g/mol. The van der Waals surface area contributed by atoms with Gasteiger partial charge >= 0.3 is 24.0 Å². The van der Waals surface area contributed by atoms with Gasteiger partial charge in [-0.05, 0) is 81.3 Å². The summed E-state index contributed by atoms with van der Waals surface area (Å²) < 4.78 is 95.4. The Bertz CT molecular complexity index is 1050. The largest absolute Gasteiger partial charge is 0.460 e.